The highest BCUT2D eigenvalue weighted by molar-refractivity contribution is 7.10. The highest BCUT2D eigenvalue weighted by atomic mass is 32.1. The van der Waals surface area contributed by atoms with Gasteiger partial charge >= 0.3 is 0 Å². The number of hydrogen-bond donors (Lipinski definition) is 0. The standard InChI is InChI=1S/C17H21NOS/c1-12(2)9-13(3)16(19)10-17-18-15(11-20-17)14-7-5-4-6-8-14/h4-8,11-13H,9-10H2,1-3H3/t13-/m0/s1. The van der Waals surface area contributed by atoms with Crippen LogP contribution in [0.25, 0.3) is 11.3 Å². The molecular weight excluding hydrogens is 266 g/mol. The summed E-state index contributed by atoms with van der Waals surface area (Å²) in [6.45, 7) is 6.33. The van der Waals surface area contributed by atoms with Crippen LogP contribution in [0, 0.1) is 11.8 Å². The van der Waals surface area contributed by atoms with Crippen molar-refractivity contribution in [1.82, 2.24) is 4.98 Å². The van der Waals surface area contributed by atoms with Gasteiger partial charge in [0.1, 0.15) is 10.8 Å². The number of carbonyl (C=O) groups is 1. The van der Waals surface area contributed by atoms with Crippen LogP contribution in [0.1, 0.15) is 32.2 Å². The van der Waals surface area contributed by atoms with Crippen molar-refractivity contribution in [3.8, 4) is 11.3 Å². The Hall–Kier alpha value is -1.48. The molecule has 0 aliphatic carbocycles. The van der Waals surface area contributed by atoms with E-state index in [1.54, 1.807) is 11.3 Å². The molecule has 0 radical (unpaired) electrons. The number of aromatic nitrogens is 1. The Balaban J connectivity index is 2.01. The topological polar surface area (TPSA) is 30.0 Å². The van der Waals surface area contributed by atoms with Crippen LogP contribution >= 0.6 is 11.3 Å². The summed E-state index contributed by atoms with van der Waals surface area (Å²) in [5.41, 5.74) is 2.08. The summed E-state index contributed by atoms with van der Waals surface area (Å²) in [5, 5.41) is 2.95. The summed E-state index contributed by atoms with van der Waals surface area (Å²) in [6, 6.07) is 10.1. The number of thiazole rings is 1. The quantitative estimate of drug-likeness (QED) is 0.777. The molecule has 1 heterocycles. The molecular formula is C17H21NOS. The second kappa shape index (κ2) is 6.80. The van der Waals surface area contributed by atoms with E-state index in [0.717, 1.165) is 22.7 Å². The van der Waals surface area contributed by atoms with Crippen LogP contribution in [0.15, 0.2) is 35.7 Å². The van der Waals surface area contributed by atoms with E-state index in [9.17, 15) is 4.79 Å². The Kier molecular flexibility index (Phi) is 5.07. The molecule has 2 rings (SSSR count). The highest BCUT2D eigenvalue weighted by Gasteiger charge is 2.16. The molecule has 0 aliphatic heterocycles. The first-order chi connectivity index (χ1) is 9.56. The maximum absolute atomic E-state index is 12.2. The number of nitrogens with zero attached hydrogens (tertiary/aromatic N) is 1. The number of ketones is 1. The molecule has 106 valence electrons. The molecule has 0 aliphatic rings. The molecule has 1 aromatic heterocycles. The summed E-state index contributed by atoms with van der Waals surface area (Å²) >= 11 is 1.58. The van der Waals surface area contributed by atoms with Crippen molar-refractivity contribution in [3.05, 3.63) is 40.7 Å². The Morgan fingerprint density at radius 1 is 1.20 bits per heavy atom. The zero-order valence-electron chi connectivity index (χ0n) is 12.3. The van der Waals surface area contributed by atoms with E-state index in [-0.39, 0.29) is 5.92 Å². The summed E-state index contributed by atoms with van der Waals surface area (Å²) < 4.78 is 0. The van der Waals surface area contributed by atoms with Crippen LogP contribution < -0.4 is 0 Å². The second-order valence-electron chi connectivity index (χ2n) is 5.67. The summed E-state index contributed by atoms with van der Waals surface area (Å²) in [7, 11) is 0. The van der Waals surface area contributed by atoms with E-state index < -0.39 is 0 Å². The van der Waals surface area contributed by atoms with Crippen molar-refractivity contribution in [2.75, 3.05) is 0 Å². The predicted molar refractivity (Wildman–Crippen MR) is 84.9 cm³/mol. The van der Waals surface area contributed by atoms with Gasteiger partial charge in [0.25, 0.3) is 0 Å². The minimum Gasteiger partial charge on any atom is -0.299 e. The Labute approximate surface area is 124 Å². The third-order valence-electron chi connectivity index (χ3n) is 3.32. The number of hydrogen-bond acceptors (Lipinski definition) is 3. The zero-order chi connectivity index (χ0) is 14.5. The first-order valence-corrected chi connectivity index (χ1v) is 7.96. The Morgan fingerprint density at radius 3 is 2.55 bits per heavy atom. The first-order valence-electron chi connectivity index (χ1n) is 7.08. The van der Waals surface area contributed by atoms with Crippen molar-refractivity contribution in [3.63, 3.8) is 0 Å². The van der Waals surface area contributed by atoms with Crippen molar-refractivity contribution < 1.29 is 4.79 Å². The van der Waals surface area contributed by atoms with E-state index in [2.05, 4.69) is 18.8 Å². The van der Waals surface area contributed by atoms with Crippen LogP contribution in [-0.2, 0) is 11.2 Å². The number of carbonyl (C=O) groups excluding carboxylic acids is 1. The van der Waals surface area contributed by atoms with Gasteiger partial charge in [0.2, 0.25) is 0 Å². The molecule has 1 atom stereocenters. The van der Waals surface area contributed by atoms with Gasteiger partial charge in [0.15, 0.2) is 0 Å². The number of benzene rings is 1. The SMILES string of the molecule is CC(C)C[C@H](C)C(=O)Cc1nc(-c2ccccc2)cs1. The van der Waals surface area contributed by atoms with E-state index in [1.807, 2.05) is 42.6 Å². The summed E-state index contributed by atoms with van der Waals surface area (Å²) in [5.74, 6) is 0.983. The lowest BCUT2D eigenvalue weighted by molar-refractivity contribution is -0.122. The van der Waals surface area contributed by atoms with E-state index in [0.29, 0.717) is 18.1 Å². The van der Waals surface area contributed by atoms with Gasteiger partial charge in [-0.3, -0.25) is 4.79 Å². The molecule has 0 bridgehead atoms. The van der Waals surface area contributed by atoms with Gasteiger partial charge in [0.05, 0.1) is 12.1 Å². The fourth-order valence-corrected chi connectivity index (χ4v) is 3.11. The summed E-state index contributed by atoms with van der Waals surface area (Å²) in [4.78, 5) is 16.7. The van der Waals surface area contributed by atoms with Crippen LogP contribution in [0.5, 0.6) is 0 Å². The van der Waals surface area contributed by atoms with Crippen molar-refractivity contribution >= 4 is 17.1 Å². The molecule has 0 spiro atoms. The molecule has 0 N–H and O–H groups in total. The molecule has 1 aromatic carbocycles. The lowest BCUT2D eigenvalue weighted by Crippen LogP contribution is -2.15. The normalized spacial score (nSPS) is 12.6. The monoisotopic (exact) mass is 287 g/mol. The Bertz CT molecular complexity index is 559. The zero-order valence-corrected chi connectivity index (χ0v) is 13.1. The average molecular weight is 287 g/mol. The van der Waals surface area contributed by atoms with E-state index in [4.69, 9.17) is 0 Å². The van der Waals surface area contributed by atoms with Crippen LogP contribution in [0.2, 0.25) is 0 Å². The molecule has 0 unspecified atom stereocenters. The van der Waals surface area contributed by atoms with Gasteiger partial charge in [-0.05, 0) is 12.3 Å². The smallest absolute Gasteiger partial charge is 0.142 e. The molecule has 0 fully saturated rings. The predicted octanol–water partition coefficient (Wildman–Crippen LogP) is 4.60. The van der Waals surface area contributed by atoms with E-state index >= 15 is 0 Å². The van der Waals surface area contributed by atoms with Crippen molar-refractivity contribution in [1.29, 1.82) is 0 Å². The molecule has 0 saturated heterocycles. The van der Waals surface area contributed by atoms with E-state index in [1.165, 1.54) is 0 Å². The highest BCUT2D eigenvalue weighted by Crippen LogP contribution is 2.23. The molecule has 20 heavy (non-hydrogen) atoms. The third kappa shape index (κ3) is 4.01. The minimum atomic E-state index is 0.124. The largest absolute Gasteiger partial charge is 0.299 e. The van der Waals surface area contributed by atoms with Crippen molar-refractivity contribution in [2.45, 2.75) is 33.6 Å². The molecule has 2 aromatic rings. The first kappa shape index (κ1) is 14.9. The van der Waals surface area contributed by atoms with Crippen molar-refractivity contribution in [2.24, 2.45) is 11.8 Å². The van der Waals surface area contributed by atoms with Crippen LogP contribution in [0.3, 0.4) is 0 Å². The molecule has 0 saturated carbocycles. The molecule has 0 amide bonds. The van der Waals surface area contributed by atoms with Gasteiger partial charge in [-0.15, -0.1) is 11.3 Å². The lowest BCUT2D eigenvalue weighted by Gasteiger charge is -2.11. The van der Waals surface area contributed by atoms with Gasteiger partial charge in [-0.1, -0.05) is 51.1 Å². The van der Waals surface area contributed by atoms with Gasteiger partial charge in [0, 0.05) is 16.9 Å². The fourth-order valence-electron chi connectivity index (χ4n) is 2.30. The number of Topliss-reactive ketones (excluding diaryl/α,β-unsaturated/α-hetero) is 1. The van der Waals surface area contributed by atoms with Crippen LogP contribution in [0.4, 0.5) is 0 Å². The number of rotatable bonds is 6. The molecule has 3 heteroatoms. The maximum Gasteiger partial charge on any atom is 0.142 e. The minimum absolute atomic E-state index is 0.124. The Morgan fingerprint density at radius 2 is 1.90 bits per heavy atom. The molecule has 2 nitrogen and oxygen atoms in total. The summed E-state index contributed by atoms with van der Waals surface area (Å²) in [6.07, 6.45) is 1.42. The van der Waals surface area contributed by atoms with Crippen LogP contribution in [-0.4, -0.2) is 10.8 Å². The van der Waals surface area contributed by atoms with Gasteiger partial charge in [-0.25, -0.2) is 4.98 Å². The average Bonchev–Trinajstić information content (AvgIpc) is 2.87. The van der Waals surface area contributed by atoms with Gasteiger partial charge < -0.3 is 0 Å². The second-order valence-corrected chi connectivity index (χ2v) is 6.61. The maximum atomic E-state index is 12.2. The lowest BCUT2D eigenvalue weighted by atomic mass is 9.94. The van der Waals surface area contributed by atoms with Gasteiger partial charge in [-0.2, -0.15) is 0 Å². The third-order valence-corrected chi connectivity index (χ3v) is 4.17. The fraction of sp³-hybridized carbons (Fsp3) is 0.412.